The Balaban J connectivity index is 0. The van der Waals surface area contributed by atoms with Gasteiger partial charge in [0.2, 0.25) is 0 Å². The molecule has 44 valence electrons. The zero-order valence-electron chi connectivity index (χ0n) is 2.54. The van der Waals surface area contributed by atoms with Gasteiger partial charge in [-0.1, -0.05) is 0 Å². The van der Waals surface area contributed by atoms with Crippen molar-refractivity contribution in [3.8, 4) is 0 Å². The fourth-order valence-electron chi connectivity index (χ4n) is 0. The minimum atomic E-state index is 0. The first kappa shape index (κ1) is 61.9. The van der Waals surface area contributed by atoms with Crippen LogP contribution in [0.25, 0.3) is 0 Å². The van der Waals surface area contributed by atoms with Crippen LogP contribution in [0.3, 0.4) is 0 Å². The topological polar surface area (TPSA) is 0 Å². The molecule has 0 nitrogen and oxygen atoms in total. The van der Waals surface area contributed by atoms with Crippen molar-refractivity contribution in [3.63, 3.8) is 0 Å². The quantitative estimate of drug-likeness (QED) is 0.496. The van der Waals surface area contributed by atoms with Crippen LogP contribution in [0.15, 0.2) is 0 Å². The average molecular weight is 452 g/mol. The molecule has 0 bridgehead atoms. The van der Waals surface area contributed by atoms with Crippen LogP contribution in [0.2, 0.25) is 0 Å². The molecule has 0 spiro atoms. The van der Waals surface area contributed by atoms with E-state index in [2.05, 4.69) is 0 Å². The molecule has 0 aliphatic heterocycles. The molecule has 0 amide bonds. The summed E-state index contributed by atoms with van der Waals surface area (Å²) >= 11 is 0. The van der Waals surface area contributed by atoms with Crippen molar-refractivity contribution >= 4 is 84.9 Å². The van der Waals surface area contributed by atoms with Crippen LogP contribution in [0.1, 0.15) is 0 Å². The Kier molecular flexibility index (Phi) is 437. The van der Waals surface area contributed by atoms with Crippen molar-refractivity contribution in [1.29, 1.82) is 0 Å². The molecule has 0 aliphatic rings. The van der Waals surface area contributed by atoms with Gasteiger partial charge in [-0.05, 0) is 0 Å². The molecule has 0 heterocycles. The number of hydrogen-bond acceptors (Lipinski definition) is 0. The van der Waals surface area contributed by atoms with Crippen molar-refractivity contribution in [2.24, 2.45) is 0 Å². The van der Waals surface area contributed by atoms with E-state index < -0.39 is 0 Å². The minimum absolute atomic E-state index is 0. The van der Waals surface area contributed by atoms with Crippen molar-refractivity contribution in [2.75, 3.05) is 0 Å². The molecule has 0 saturated carbocycles. The maximum Gasteiger partial charge on any atom is 0 e. The van der Waals surface area contributed by atoms with Crippen LogP contribution in [0, 0.1) is 0 Å². The Morgan fingerprint density at radius 1 is 0.333 bits per heavy atom. The summed E-state index contributed by atoms with van der Waals surface area (Å²) in [5, 5.41) is 0. The molecule has 0 aromatic heterocycles. The Hall–Kier alpha value is 3.11. The van der Waals surface area contributed by atoms with Crippen LogP contribution in [-0.4, -0.2) is 0 Å². The molecular weight excluding hydrogens is 447 g/mol. The van der Waals surface area contributed by atoms with Gasteiger partial charge in [0.1, 0.15) is 0 Å². The van der Waals surface area contributed by atoms with Crippen molar-refractivity contribution in [3.05, 3.63) is 0 Å². The molecule has 0 rings (SSSR count). The molecule has 6 heteroatoms. The molecule has 6 heavy (non-hydrogen) atoms. The first-order chi connectivity index (χ1) is 0. The second kappa shape index (κ2) is 42.3. The number of halogens is 5. The van der Waals surface area contributed by atoms with Crippen LogP contribution in [0.4, 0.5) is 0 Å². The van der Waals surface area contributed by atoms with Gasteiger partial charge in [-0.2, -0.15) is 0 Å². The van der Waals surface area contributed by atoms with Crippen LogP contribution in [-0.2, 0) is 21.7 Å². The molecule has 0 radical (unpaired) electrons. The third-order valence-electron chi connectivity index (χ3n) is 0. The van der Waals surface area contributed by atoms with Crippen LogP contribution < -0.4 is 0 Å². The third kappa shape index (κ3) is 27.4. The van der Waals surface area contributed by atoms with E-state index in [0.717, 1.165) is 0 Å². The maximum atomic E-state index is 0. The van der Waals surface area contributed by atoms with E-state index in [0.29, 0.717) is 0 Å². The zero-order chi connectivity index (χ0) is 0. The van der Waals surface area contributed by atoms with Gasteiger partial charge in [-0.25, -0.2) is 0 Å². The molecule has 0 saturated heterocycles. The van der Waals surface area contributed by atoms with Gasteiger partial charge in [0.05, 0.1) is 0 Å². The van der Waals surface area contributed by atoms with Crippen molar-refractivity contribution in [2.45, 2.75) is 0 Å². The Morgan fingerprint density at radius 3 is 0.333 bits per heavy atom. The molecule has 0 aromatic rings. The maximum absolute atomic E-state index is 0. The summed E-state index contributed by atoms with van der Waals surface area (Å²) in [7, 11) is 0. The smallest absolute Gasteiger partial charge is 0 e. The van der Waals surface area contributed by atoms with E-state index in [-0.39, 0.29) is 107 Å². The van der Waals surface area contributed by atoms with Gasteiger partial charge in [0, 0.05) is 21.7 Å². The van der Waals surface area contributed by atoms with Crippen molar-refractivity contribution in [1.82, 2.24) is 0 Å². The average Bonchev–Trinajstić information content (AvgIpc) is 0. The van der Waals surface area contributed by atoms with Crippen LogP contribution in [0.5, 0.6) is 0 Å². The van der Waals surface area contributed by atoms with Gasteiger partial charge in [-0.3, -0.25) is 0 Å². The van der Waals surface area contributed by atoms with E-state index in [1.807, 2.05) is 0 Å². The first-order valence-corrected chi connectivity index (χ1v) is 0. The van der Waals surface area contributed by atoms with E-state index in [4.69, 9.17) is 0 Å². The number of hydrogen-bond donors (Lipinski definition) is 0. The summed E-state index contributed by atoms with van der Waals surface area (Å²) < 4.78 is 0. The first-order valence-electron chi connectivity index (χ1n) is 0. The van der Waals surface area contributed by atoms with Gasteiger partial charge >= 0.3 is 0 Å². The third-order valence-corrected chi connectivity index (χ3v) is 0. The van der Waals surface area contributed by atoms with Crippen LogP contribution >= 0.6 is 84.9 Å². The predicted octanol–water partition coefficient (Wildman–Crippen LogP) is 2.89. The molecule has 0 aromatic carbocycles. The van der Waals surface area contributed by atoms with Crippen molar-refractivity contribution < 1.29 is 21.7 Å². The van der Waals surface area contributed by atoms with E-state index in [1.54, 1.807) is 0 Å². The standard InChI is InChI=1S/5BrH.Ti/h5*1H;. The van der Waals surface area contributed by atoms with Gasteiger partial charge in [0.25, 0.3) is 0 Å². The SMILES string of the molecule is Br.Br.Br.Br.Br.[Ti]. The summed E-state index contributed by atoms with van der Waals surface area (Å²) in [5.74, 6) is 0. The van der Waals surface area contributed by atoms with E-state index >= 15 is 0 Å². The minimum Gasteiger partial charge on any atom is -0.114 e. The zero-order valence-corrected chi connectivity index (χ0v) is 12.7. The summed E-state index contributed by atoms with van der Waals surface area (Å²) in [6.07, 6.45) is 0. The molecule has 0 atom stereocenters. The Bertz CT molecular complexity index is 3.90. The number of rotatable bonds is 0. The largest absolute Gasteiger partial charge is 0.114 e. The normalized spacial score (nSPS) is 0. The fourth-order valence-corrected chi connectivity index (χ4v) is 0. The molecule has 0 aliphatic carbocycles. The summed E-state index contributed by atoms with van der Waals surface area (Å²) in [6.45, 7) is 0. The summed E-state index contributed by atoms with van der Waals surface area (Å²) in [4.78, 5) is 0. The Morgan fingerprint density at radius 2 is 0.333 bits per heavy atom. The Labute approximate surface area is 105 Å². The molecular formula is H5Br5Ti. The van der Waals surface area contributed by atoms with Gasteiger partial charge < -0.3 is 0 Å². The molecule has 0 N–H and O–H groups in total. The summed E-state index contributed by atoms with van der Waals surface area (Å²) in [5.41, 5.74) is 0. The second-order valence-electron chi connectivity index (χ2n) is 0. The van der Waals surface area contributed by atoms with E-state index in [1.165, 1.54) is 0 Å². The van der Waals surface area contributed by atoms with E-state index in [9.17, 15) is 0 Å². The predicted molar refractivity (Wildman–Crippen MR) is 51.6 cm³/mol. The van der Waals surface area contributed by atoms with Gasteiger partial charge in [-0.15, -0.1) is 84.9 Å². The second-order valence-corrected chi connectivity index (χ2v) is 0. The summed E-state index contributed by atoms with van der Waals surface area (Å²) in [6, 6.07) is 0. The molecule has 0 fully saturated rings. The molecule has 0 unspecified atom stereocenters. The monoisotopic (exact) mass is 448 g/mol. The van der Waals surface area contributed by atoms with Gasteiger partial charge in [0.15, 0.2) is 0 Å². The fraction of sp³-hybridized carbons (Fsp3) is 0.